The summed E-state index contributed by atoms with van der Waals surface area (Å²) in [4.78, 5) is 57.8. The fourth-order valence-electron chi connectivity index (χ4n) is 8.24. The van der Waals surface area contributed by atoms with Gasteiger partial charge in [-0.1, -0.05) is 48.0 Å². The van der Waals surface area contributed by atoms with Gasteiger partial charge in [0.25, 0.3) is 0 Å². The lowest BCUT2D eigenvalue weighted by Gasteiger charge is -2.49. The molecule has 248 valence electrons. The third-order valence-corrected chi connectivity index (χ3v) is 10.4. The number of rotatable bonds is 3. The zero-order chi connectivity index (χ0) is 34.5. The standard InChI is InChI=1S/C35H26F6N2O5/c1-33-25(30(46)43(32(33)48)19-7-3-2-4-8-19)16-24-21(28(33)22-9-5-6-10-26(22)44)11-12-23-27(24)31(47)42(29(23)45)20-14-17(34(36,37)38)13-18(15-20)35(39,40)41/h2-11,13-15,23-25,27-28,44H,12,16H2,1H3/t23-,24+,25-,27-,28+,33+/m0/s1. The molecule has 1 N–H and O–H groups in total. The Morgan fingerprint density at radius 3 is 1.94 bits per heavy atom. The monoisotopic (exact) mass is 668 g/mol. The van der Waals surface area contributed by atoms with E-state index in [0.717, 1.165) is 4.90 Å². The number of anilines is 2. The van der Waals surface area contributed by atoms with Gasteiger partial charge in [0.1, 0.15) is 5.75 Å². The first kappa shape index (κ1) is 31.6. The summed E-state index contributed by atoms with van der Waals surface area (Å²) >= 11 is 0. The molecule has 0 radical (unpaired) electrons. The van der Waals surface area contributed by atoms with Crippen LogP contribution in [0.3, 0.4) is 0 Å². The Morgan fingerprint density at radius 1 is 0.729 bits per heavy atom. The SMILES string of the molecule is C[C@@]12C(=O)N(c3ccccc3)C(=O)[C@@H]1C[C@@H]1C(=CC[C@@H]3C(=O)N(c4cc(C(F)(F)F)cc(C(F)(F)F)c4)C(=O)[C@@H]31)[C@@H]2c1ccccc1O. The summed E-state index contributed by atoms with van der Waals surface area (Å²) < 4.78 is 82.2. The van der Waals surface area contributed by atoms with Crippen LogP contribution in [-0.4, -0.2) is 28.7 Å². The molecule has 3 aromatic carbocycles. The molecule has 7 nitrogen and oxygen atoms in total. The van der Waals surface area contributed by atoms with E-state index in [1.807, 2.05) is 0 Å². The van der Waals surface area contributed by atoms with Gasteiger partial charge in [0, 0.05) is 11.5 Å². The van der Waals surface area contributed by atoms with Crippen LogP contribution in [0.15, 0.2) is 84.4 Å². The molecule has 4 amide bonds. The summed E-state index contributed by atoms with van der Waals surface area (Å²) in [5, 5.41) is 11.0. The molecule has 2 aliphatic carbocycles. The highest BCUT2D eigenvalue weighted by atomic mass is 19.4. The number of phenols is 1. The van der Waals surface area contributed by atoms with Crippen LogP contribution in [0.1, 0.15) is 42.4 Å². The van der Waals surface area contributed by atoms with Crippen molar-refractivity contribution in [3.8, 4) is 5.75 Å². The van der Waals surface area contributed by atoms with Gasteiger partial charge in [-0.25, -0.2) is 9.80 Å². The quantitative estimate of drug-likeness (QED) is 0.187. The van der Waals surface area contributed by atoms with Crippen LogP contribution in [0.5, 0.6) is 5.75 Å². The Morgan fingerprint density at radius 2 is 1.33 bits per heavy atom. The highest BCUT2D eigenvalue weighted by Gasteiger charge is 2.68. The lowest BCUT2D eigenvalue weighted by Crippen LogP contribution is -2.48. The number of hydrogen-bond acceptors (Lipinski definition) is 5. The van der Waals surface area contributed by atoms with E-state index >= 15 is 0 Å². The van der Waals surface area contributed by atoms with Crippen molar-refractivity contribution in [2.45, 2.75) is 38.0 Å². The number of alkyl halides is 6. The van der Waals surface area contributed by atoms with E-state index in [4.69, 9.17) is 0 Å². The number of aromatic hydroxyl groups is 1. The third kappa shape index (κ3) is 4.50. The Balaban J connectivity index is 1.35. The summed E-state index contributed by atoms with van der Waals surface area (Å²) in [6, 6.07) is 15.0. The van der Waals surface area contributed by atoms with Crippen LogP contribution in [0.4, 0.5) is 37.7 Å². The fourth-order valence-corrected chi connectivity index (χ4v) is 8.24. The number of phenolic OH excluding ortho intramolecular Hbond substituents is 1. The van der Waals surface area contributed by atoms with E-state index in [-0.39, 0.29) is 24.7 Å². The lowest BCUT2D eigenvalue weighted by atomic mass is 9.51. The maximum atomic E-state index is 14.3. The van der Waals surface area contributed by atoms with Gasteiger partial charge in [-0.2, -0.15) is 26.3 Å². The predicted octanol–water partition coefficient (Wildman–Crippen LogP) is 6.87. The maximum Gasteiger partial charge on any atom is 0.416 e. The van der Waals surface area contributed by atoms with Crippen molar-refractivity contribution in [2.75, 3.05) is 9.80 Å². The minimum Gasteiger partial charge on any atom is -0.508 e. The van der Waals surface area contributed by atoms with E-state index in [9.17, 15) is 50.6 Å². The highest BCUT2D eigenvalue weighted by molar-refractivity contribution is 6.25. The summed E-state index contributed by atoms with van der Waals surface area (Å²) in [7, 11) is 0. The number of halogens is 6. The van der Waals surface area contributed by atoms with E-state index in [2.05, 4.69) is 0 Å². The average Bonchev–Trinajstić information content (AvgIpc) is 3.40. The topological polar surface area (TPSA) is 95.0 Å². The predicted molar refractivity (Wildman–Crippen MR) is 158 cm³/mol. The second kappa shape index (κ2) is 10.5. The largest absolute Gasteiger partial charge is 0.508 e. The fraction of sp³-hybridized carbons (Fsp3) is 0.314. The van der Waals surface area contributed by atoms with Crippen LogP contribution in [0.2, 0.25) is 0 Å². The number of allylic oxidation sites excluding steroid dienone is 2. The molecule has 0 aromatic heterocycles. The molecule has 4 aliphatic rings. The summed E-state index contributed by atoms with van der Waals surface area (Å²) in [5.74, 6) is -8.49. The number of nitrogens with zero attached hydrogens (tertiary/aromatic N) is 2. The van der Waals surface area contributed by atoms with Crippen LogP contribution < -0.4 is 9.80 Å². The molecule has 7 rings (SSSR count). The molecule has 0 bridgehead atoms. The first-order valence-electron chi connectivity index (χ1n) is 15.1. The number of carbonyl (C=O) groups is 4. The molecule has 2 saturated heterocycles. The molecule has 1 saturated carbocycles. The van der Waals surface area contributed by atoms with Gasteiger partial charge in [0.2, 0.25) is 23.6 Å². The summed E-state index contributed by atoms with van der Waals surface area (Å²) in [6.45, 7) is 1.62. The van der Waals surface area contributed by atoms with Crippen molar-refractivity contribution in [1.82, 2.24) is 0 Å². The first-order valence-corrected chi connectivity index (χ1v) is 15.1. The third-order valence-electron chi connectivity index (χ3n) is 10.4. The van der Waals surface area contributed by atoms with E-state index in [1.165, 1.54) is 6.07 Å². The van der Waals surface area contributed by atoms with Gasteiger partial charge in [-0.15, -0.1) is 0 Å². The molecule has 3 fully saturated rings. The zero-order valence-electron chi connectivity index (χ0n) is 25.0. The Kier molecular flexibility index (Phi) is 6.94. The number of fused-ring (bicyclic) bond motifs is 4. The minimum absolute atomic E-state index is 0.0820. The van der Waals surface area contributed by atoms with Crippen molar-refractivity contribution >= 4 is 35.0 Å². The molecular formula is C35H26F6N2O5. The van der Waals surface area contributed by atoms with Crippen LogP contribution in [-0.2, 0) is 31.5 Å². The lowest BCUT2D eigenvalue weighted by molar-refractivity contribution is -0.143. The maximum absolute atomic E-state index is 14.3. The van der Waals surface area contributed by atoms with Crippen molar-refractivity contribution in [3.63, 3.8) is 0 Å². The van der Waals surface area contributed by atoms with Gasteiger partial charge in [-0.05, 0) is 62.1 Å². The van der Waals surface area contributed by atoms with Crippen molar-refractivity contribution < 1.29 is 50.6 Å². The van der Waals surface area contributed by atoms with E-state index < -0.39 is 87.8 Å². The zero-order valence-corrected chi connectivity index (χ0v) is 25.0. The molecular weight excluding hydrogens is 642 g/mol. The molecule has 2 aliphatic heterocycles. The van der Waals surface area contributed by atoms with E-state index in [1.54, 1.807) is 61.5 Å². The van der Waals surface area contributed by atoms with E-state index in [0.29, 0.717) is 33.9 Å². The first-order chi connectivity index (χ1) is 22.5. The number of para-hydroxylation sites is 2. The van der Waals surface area contributed by atoms with Gasteiger partial charge in [0.05, 0.1) is 45.7 Å². The molecule has 2 heterocycles. The molecule has 13 heteroatoms. The van der Waals surface area contributed by atoms with Crippen molar-refractivity contribution in [3.05, 3.63) is 101 Å². The van der Waals surface area contributed by atoms with Crippen molar-refractivity contribution in [1.29, 1.82) is 0 Å². The smallest absolute Gasteiger partial charge is 0.416 e. The molecule has 0 unspecified atom stereocenters. The average molecular weight is 669 g/mol. The Bertz CT molecular complexity index is 1890. The van der Waals surface area contributed by atoms with Gasteiger partial charge in [-0.3, -0.25) is 19.2 Å². The molecule has 3 aromatic rings. The number of hydrogen-bond donors (Lipinski definition) is 1. The van der Waals surface area contributed by atoms with Crippen LogP contribution >= 0.6 is 0 Å². The highest BCUT2D eigenvalue weighted by Crippen LogP contribution is 2.64. The Labute approximate surface area is 269 Å². The molecule has 6 atom stereocenters. The molecule has 0 spiro atoms. The summed E-state index contributed by atoms with van der Waals surface area (Å²) in [6.07, 6.45) is -8.94. The van der Waals surface area contributed by atoms with Crippen molar-refractivity contribution in [2.24, 2.45) is 29.1 Å². The van der Waals surface area contributed by atoms with Crippen LogP contribution in [0.25, 0.3) is 0 Å². The number of benzene rings is 3. The minimum atomic E-state index is -5.21. The van der Waals surface area contributed by atoms with Gasteiger partial charge < -0.3 is 5.11 Å². The van der Waals surface area contributed by atoms with Gasteiger partial charge >= 0.3 is 12.4 Å². The summed E-state index contributed by atoms with van der Waals surface area (Å²) in [5.41, 5.74) is -4.54. The normalized spacial score (nSPS) is 28.7. The number of amides is 4. The second-order valence-electron chi connectivity index (χ2n) is 12.8. The molecule has 48 heavy (non-hydrogen) atoms. The van der Waals surface area contributed by atoms with Gasteiger partial charge in [0.15, 0.2) is 0 Å². The number of imide groups is 2. The Hall–Kier alpha value is -4.94. The van der Waals surface area contributed by atoms with Crippen LogP contribution in [0, 0.1) is 29.1 Å². The number of carbonyl (C=O) groups excluding carboxylic acids is 4. The second-order valence-corrected chi connectivity index (χ2v) is 12.8.